The summed E-state index contributed by atoms with van der Waals surface area (Å²) >= 11 is 0. The Morgan fingerprint density at radius 1 is 1.40 bits per heavy atom. The minimum Gasteiger partial charge on any atom is -0.212 e. The van der Waals surface area contributed by atoms with Crippen molar-refractivity contribution in [2.24, 2.45) is 0 Å². The summed E-state index contributed by atoms with van der Waals surface area (Å²) in [5.74, 6) is 0.0891. The molecule has 0 unspecified atom stereocenters. The first-order valence-corrected chi connectivity index (χ1v) is 4.15. The maximum absolute atomic E-state index is 12.0. The van der Waals surface area contributed by atoms with Crippen molar-refractivity contribution in [2.45, 2.75) is 46.0 Å². The average molecular weight is 144 g/mol. The number of hydrogen-bond acceptors (Lipinski definition) is 0. The molecule has 0 atom stereocenters. The van der Waals surface area contributed by atoms with E-state index in [-0.39, 0.29) is 5.83 Å². The summed E-state index contributed by atoms with van der Waals surface area (Å²) in [5.41, 5.74) is 0. The summed E-state index contributed by atoms with van der Waals surface area (Å²) in [4.78, 5) is 0. The number of rotatable bonds is 0. The van der Waals surface area contributed by atoms with Crippen molar-refractivity contribution < 1.29 is 4.39 Å². The molecule has 10 heavy (non-hydrogen) atoms. The molecule has 0 aromatic heterocycles. The van der Waals surface area contributed by atoms with E-state index in [1.165, 1.54) is 12.8 Å². The third-order valence-corrected chi connectivity index (χ3v) is 1.24. The fourth-order valence-corrected chi connectivity index (χ4v) is 0.799. The molecule has 0 saturated carbocycles. The number of halogens is 1. The molecule has 60 valence electrons. The van der Waals surface area contributed by atoms with Gasteiger partial charge in [-0.3, -0.25) is 0 Å². The van der Waals surface area contributed by atoms with Crippen LogP contribution < -0.4 is 0 Å². The minimum atomic E-state index is 0.0891. The molecule has 0 heterocycles. The topological polar surface area (TPSA) is 0 Å². The molecule has 0 nitrogen and oxygen atoms in total. The molecule has 1 aliphatic rings. The molecule has 1 rings (SSSR count). The highest BCUT2D eigenvalue weighted by molar-refractivity contribution is 4.94. The van der Waals surface area contributed by atoms with Gasteiger partial charge in [0, 0.05) is 0 Å². The molecule has 0 aromatic rings. The van der Waals surface area contributed by atoms with E-state index in [0.717, 1.165) is 12.8 Å². The molecule has 0 fully saturated rings. The summed E-state index contributed by atoms with van der Waals surface area (Å²) in [6.07, 6.45) is 6.78. The molecule has 0 bridgehead atoms. The molecule has 1 heteroatoms. The molecule has 0 aromatic carbocycles. The molecule has 0 amide bonds. The molecular weight excluding hydrogens is 127 g/mol. The van der Waals surface area contributed by atoms with E-state index in [4.69, 9.17) is 0 Å². The van der Waals surface area contributed by atoms with Crippen LogP contribution in [0.25, 0.3) is 0 Å². The zero-order valence-electron chi connectivity index (χ0n) is 6.99. The van der Waals surface area contributed by atoms with E-state index in [9.17, 15) is 4.39 Å². The van der Waals surface area contributed by atoms with Gasteiger partial charge in [-0.2, -0.15) is 0 Å². The fourth-order valence-electron chi connectivity index (χ4n) is 0.799. The van der Waals surface area contributed by atoms with Crippen LogP contribution in [0.15, 0.2) is 11.9 Å². The second-order valence-corrected chi connectivity index (χ2v) is 2.60. The molecule has 0 spiro atoms. The lowest BCUT2D eigenvalue weighted by molar-refractivity contribution is 0.533. The van der Waals surface area contributed by atoms with Crippen molar-refractivity contribution in [3.05, 3.63) is 11.9 Å². The second kappa shape index (κ2) is 6.79. The summed E-state index contributed by atoms with van der Waals surface area (Å²) in [7, 11) is 0. The molecule has 1 aliphatic carbocycles. The van der Waals surface area contributed by atoms with Gasteiger partial charge in [-0.1, -0.05) is 26.3 Å². The maximum Gasteiger partial charge on any atom is 0.0959 e. The van der Waals surface area contributed by atoms with Crippen LogP contribution in [-0.4, -0.2) is 0 Å². The Morgan fingerprint density at radius 2 is 2.00 bits per heavy atom. The van der Waals surface area contributed by atoms with Crippen LogP contribution in [0.1, 0.15) is 46.0 Å². The number of hydrogen-bond donors (Lipinski definition) is 0. The average Bonchev–Trinajstić information content (AvgIpc) is 1.91. The normalized spacial score (nSPS) is 16.9. The minimum absolute atomic E-state index is 0.0891. The molecule has 0 aliphatic heterocycles. The van der Waals surface area contributed by atoms with Gasteiger partial charge in [-0.05, 0) is 25.7 Å². The van der Waals surface area contributed by atoms with Gasteiger partial charge in [-0.15, -0.1) is 0 Å². The Hall–Kier alpha value is -0.330. The monoisotopic (exact) mass is 144 g/mol. The molecule has 0 N–H and O–H groups in total. The lowest BCUT2D eigenvalue weighted by Crippen LogP contribution is -1.84. The molecular formula is C9H17F. The largest absolute Gasteiger partial charge is 0.212 e. The van der Waals surface area contributed by atoms with Gasteiger partial charge in [0.05, 0.1) is 5.83 Å². The van der Waals surface area contributed by atoms with Gasteiger partial charge in [0.2, 0.25) is 0 Å². The second-order valence-electron chi connectivity index (χ2n) is 2.60. The van der Waals surface area contributed by atoms with Gasteiger partial charge in [0.25, 0.3) is 0 Å². The summed E-state index contributed by atoms with van der Waals surface area (Å²) in [6, 6.07) is 0. The highest BCUT2D eigenvalue weighted by Gasteiger charge is 1.99. The lowest BCUT2D eigenvalue weighted by Gasteiger charge is -2.02. The van der Waals surface area contributed by atoms with Crippen LogP contribution in [0.3, 0.4) is 0 Å². The fraction of sp³-hybridized carbons (Fsp3) is 0.778. The van der Waals surface area contributed by atoms with Crippen molar-refractivity contribution in [3.8, 4) is 0 Å². The first kappa shape index (κ1) is 9.67. The van der Waals surface area contributed by atoms with Gasteiger partial charge >= 0.3 is 0 Å². The predicted octanol–water partition coefficient (Wildman–Crippen LogP) is 3.83. The first-order chi connectivity index (χ1) is 4.81. The summed E-state index contributed by atoms with van der Waals surface area (Å²) < 4.78 is 12.0. The lowest BCUT2D eigenvalue weighted by atomic mass is 10.1. The van der Waals surface area contributed by atoms with Crippen LogP contribution in [0.4, 0.5) is 4.39 Å². The zero-order valence-corrected chi connectivity index (χ0v) is 6.99. The van der Waals surface area contributed by atoms with Gasteiger partial charge in [0.15, 0.2) is 0 Å². The Morgan fingerprint density at radius 3 is 2.20 bits per heavy atom. The third-order valence-electron chi connectivity index (χ3n) is 1.24. The Balaban J connectivity index is 0.000000236. The highest BCUT2D eigenvalue weighted by atomic mass is 19.1. The van der Waals surface area contributed by atoms with Crippen LogP contribution in [0.2, 0.25) is 0 Å². The van der Waals surface area contributed by atoms with Crippen molar-refractivity contribution in [2.75, 3.05) is 0 Å². The van der Waals surface area contributed by atoms with Crippen molar-refractivity contribution >= 4 is 0 Å². The van der Waals surface area contributed by atoms with Gasteiger partial charge < -0.3 is 0 Å². The third kappa shape index (κ3) is 5.80. The smallest absolute Gasteiger partial charge is 0.0959 e. The number of allylic oxidation sites excluding steroid dienone is 2. The predicted molar refractivity (Wildman–Crippen MR) is 43.6 cm³/mol. The van der Waals surface area contributed by atoms with E-state index in [0.29, 0.717) is 6.42 Å². The van der Waals surface area contributed by atoms with Gasteiger partial charge in [0.1, 0.15) is 0 Å². The Labute approximate surface area is 63.1 Å². The Kier molecular flexibility index (Phi) is 6.56. The van der Waals surface area contributed by atoms with Crippen LogP contribution in [-0.2, 0) is 0 Å². The van der Waals surface area contributed by atoms with E-state index >= 15 is 0 Å². The maximum atomic E-state index is 12.0. The van der Waals surface area contributed by atoms with Gasteiger partial charge in [-0.25, -0.2) is 4.39 Å². The molecule has 0 radical (unpaired) electrons. The van der Waals surface area contributed by atoms with Crippen LogP contribution in [0, 0.1) is 0 Å². The quantitative estimate of drug-likeness (QED) is 0.484. The van der Waals surface area contributed by atoms with E-state index in [2.05, 4.69) is 13.8 Å². The van der Waals surface area contributed by atoms with E-state index in [1.807, 2.05) is 0 Å². The van der Waals surface area contributed by atoms with Crippen molar-refractivity contribution in [1.29, 1.82) is 0 Å². The summed E-state index contributed by atoms with van der Waals surface area (Å²) in [6.45, 7) is 4.25. The summed E-state index contributed by atoms with van der Waals surface area (Å²) in [5, 5.41) is 0. The van der Waals surface area contributed by atoms with E-state index < -0.39 is 0 Å². The van der Waals surface area contributed by atoms with Crippen molar-refractivity contribution in [3.63, 3.8) is 0 Å². The molecule has 0 saturated heterocycles. The SMILES string of the molecule is CCC.FC1=CCCCC1. The Bertz CT molecular complexity index is 94.9. The standard InChI is InChI=1S/C6H9F.C3H8/c7-6-4-2-1-3-5-6;1-3-2/h4H,1-3,5H2;3H2,1-2H3. The highest BCUT2D eigenvalue weighted by Crippen LogP contribution is 2.17. The zero-order chi connectivity index (χ0) is 7.82. The van der Waals surface area contributed by atoms with Crippen LogP contribution in [0.5, 0.6) is 0 Å². The van der Waals surface area contributed by atoms with Crippen molar-refractivity contribution in [1.82, 2.24) is 0 Å². The van der Waals surface area contributed by atoms with Crippen LogP contribution >= 0.6 is 0 Å². The first-order valence-electron chi connectivity index (χ1n) is 4.15. The van der Waals surface area contributed by atoms with E-state index in [1.54, 1.807) is 6.08 Å².